The molecule has 0 aliphatic carbocycles. The largest absolute Gasteiger partial charge is 0.481 e. The first-order valence-electron chi connectivity index (χ1n) is 6.58. The summed E-state index contributed by atoms with van der Waals surface area (Å²) in [5.74, 6) is 0.00154. The number of fused-ring (bicyclic) bond motifs is 1. The molecule has 6 heteroatoms. The molecule has 1 fully saturated rings. The van der Waals surface area contributed by atoms with Crippen molar-refractivity contribution in [2.75, 3.05) is 25.1 Å². The number of carboxylic acid groups (broad SMARTS) is 1. The van der Waals surface area contributed by atoms with Gasteiger partial charge in [0, 0.05) is 36.0 Å². The number of pyridine rings is 1. The molecular formula is C14H16N2O3S. The lowest BCUT2D eigenvalue weighted by molar-refractivity contribution is -0.153. The number of nitrogens with zero attached hydrogens (tertiary/aromatic N) is 1. The molecule has 2 aromatic rings. The molecule has 1 aliphatic rings. The maximum atomic E-state index is 11.6. The Labute approximate surface area is 120 Å². The van der Waals surface area contributed by atoms with Gasteiger partial charge >= 0.3 is 5.97 Å². The van der Waals surface area contributed by atoms with E-state index in [9.17, 15) is 9.90 Å². The standard InChI is InChI=1S/C14H16N2O3S/c17-13(18)14(3-6-19-7-4-14)9-16-12-10-2-8-20-11(10)1-5-15-12/h1-2,5,8H,3-4,6-7,9H2,(H,15,16)(H,17,18). The predicted octanol–water partition coefficient (Wildman–Crippen LogP) is 2.59. The number of carboxylic acids is 1. The molecule has 2 N–H and O–H groups in total. The van der Waals surface area contributed by atoms with Crippen molar-refractivity contribution >= 4 is 33.2 Å². The minimum Gasteiger partial charge on any atom is -0.481 e. The fourth-order valence-electron chi connectivity index (χ4n) is 2.52. The first-order chi connectivity index (χ1) is 9.71. The van der Waals surface area contributed by atoms with E-state index in [2.05, 4.69) is 10.3 Å². The zero-order chi connectivity index (χ0) is 14.0. The summed E-state index contributed by atoms with van der Waals surface area (Å²) in [5.41, 5.74) is -0.752. The SMILES string of the molecule is O=C(O)C1(CNc2nccc3sccc23)CCOCC1. The number of ether oxygens (including phenoxy) is 1. The summed E-state index contributed by atoms with van der Waals surface area (Å²) in [6.45, 7) is 1.39. The van der Waals surface area contributed by atoms with Crippen LogP contribution in [0.2, 0.25) is 0 Å². The average Bonchev–Trinajstić information content (AvgIpc) is 2.95. The highest BCUT2D eigenvalue weighted by Crippen LogP contribution is 2.32. The molecule has 0 atom stereocenters. The van der Waals surface area contributed by atoms with Crippen LogP contribution in [0.1, 0.15) is 12.8 Å². The number of nitrogens with one attached hydrogen (secondary N) is 1. The van der Waals surface area contributed by atoms with Crippen molar-refractivity contribution in [2.45, 2.75) is 12.8 Å². The molecule has 0 saturated carbocycles. The third-order valence-corrected chi connectivity index (χ3v) is 4.76. The van der Waals surface area contributed by atoms with E-state index in [0.29, 0.717) is 32.6 Å². The Hall–Kier alpha value is -1.66. The molecule has 1 saturated heterocycles. The number of thiophene rings is 1. The molecule has 0 radical (unpaired) electrons. The number of hydrogen-bond donors (Lipinski definition) is 2. The van der Waals surface area contributed by atoms with Gasteiger partial charge < -0.3 is 15.2 Å². The lowest BCUT2D eigenvalue weighted by Crippen LogP contribution is -2.42. The van der Waals surface area contributed by atoms with Crippen molar-refractivity contribution in [1.82, 2.24) is 4.98 Å². The third kappa shape index (κ3) is 2.36. The molecule has 2 aromatic heterocycles. The molecular weight excluding hydrogens is 276 g/mol. The van der Waals surface area contributed by atoms with E-state index in [1.54, 1.807) is 17.5 Å². The van der Waals surface area contributed by atoms with E-state index < -0.39 is 11.4 Å². The molecule has 3 heterocycles. The summed E-state index contributed by atoms with van der Waals surface area (Å²) in [5, 5.41) is 15.8. The molecule has 1 aliphatic heterocycles. The Morgan fingerprint density at radius 3 is 3.00 bits per heavy atom. The Bertz CT molecular complexity index is 620. The van der Waals surface area contributed by atoms with E-state index in [1.165, 1.54) is 0 Å². The molecule has 20 heavy (non-hydrogen) atoms. The van der Waals surface area contributed by atoms with Crippen molar-refractivity contribution < 1.29 is 14.6 Å². The second-order valence-electron chi connectivity index (χ2n) is 5.04. The van der Waals surface area contributed by atoms with Crippen LogP contribution >= 0.6 is 11.3 Å². The summed E-state index contributed by atoms with van der Waals surface area (Å²) in [6.07, 6.45) is 2.82. The number of hydrogen-bond acceptors (Lipinski definition) is 5. The minimum atomic E-state index is -0.759. The normalized spacial score (nSPS) is 18.0. The summed E-state index contributed by atoms with van der Waals surface area (Å²) < 4.78 is 6.43. The number of aliphatic carboxylic acids is 1. The van der Waals surface area contributed by atoms with Gasteiger partial charge in [0.2, 0.25) is 0 Å². The first kappa shape index (κ1) is 13.3. The van der Waals surface area contributed by atoms with Gasteiger partial charge in [0.05, 0.1) is 5.41 Å². The van der Waals surface area contributed by atoms with Crippen LogP contribution in [-0.2, 0) is 9.53 Å². The van der Waals surface area contributed by atoms with Crippen molar-refractivity contribution in [3.63, 3.8) is 0 Å². The summed E-state index contributed by atoms with van der Waals surface area (Å²) >= 11 is 1.65. The topological polar surface area (TPSA) is 71.5 Å². The minimum absolute atomic E-state index is 0.383. The summed E-state index contributed by atoms with van der Waals surface area (Å²) in [4.78, 5) is 15.9. The Morgan fingerprint density at radius 2 is 2.25 bits per heavy atom. The number of anilines is 1. The molecule has 0 unspecified atom stereocenters. The molecule has 106 valence electrons. The van der Waals surface area contributed by atoms with Crippen molar-refractivity contribution in [3.05, 3.63) is 23.7 Å². The van der Waals surface area contributed by atoms with Gasteiger partial charge in [-0.15, -0.1) is 11.3 Å². The maximum Gasteiger partial charge on any atom is 0.311 e. The smallest absolute Gasteiger partial charge is 0.311 e. The van der Waals surface area contributed by atoms with Crippen LogP contribution in [0.25, 0.3) is 10.1 Å². The van der Waals surface area contributed by atoms with E-state index >= 15 is 0 Å². The van der Waals surface area contributed by atoms with E-state index in [4.69, 9.17) is 4.74 Å². The second kappa shape index (κ2) is 5.38. The fourth-order valence-corrected chi connectivity index (χ4v) is 3.30. The van der Waals surface area contributed by atoms with Crippen LogP contribution in [0.4, 0.5) is 5.82 Å². The van der Waals surface area contributed by atoms with Crippen LogP contribution < -0.4 is 5.32 Å². The van der Waals surface area contributed by atoms with Gasteiger partial charge in [-0.25, -0.2) is 4.98 Å². The van der Waals surface area contributed by atoms with Crippen LogP contribution in [0, 0.1) is 5.41 Å². The lowest BCUT2D eigenvalue weighted by atomic mass is 9.80. The van der Waals surface area contributed by atoms with Crippen LogP contribution in [0.3, 0.4) is 0 Å². The highest BCUT2D eigenvalue weighted by Gasteiger charge is 2.40. The first-order valence-corrected chi connectivity index (χ1v) is 7.46. The number of rotatable bonds is 4. The van der Waals surface area contributed by atoms with Crippen molar-refractivity contribution in [2.24, 2.45) is 5.41 Å². The third-order valence-electron chi connectivity index (χ3n) is 3.88. The Morgan fingerprint density at radius 1 is 1.45 bits per heavy atom. The zero-order valence-electron chi connectivity index (χ0n) is 11.0. The van der Waals surface area contributed by atoms with Crippen LogP contribution in [0.5, 0.6) is 0 Å². The van der Waals surface area contributed by atoms with Gasteiger partial charge in [0.15, 0.2) is 0 Å². The lowest BCUT2D eigenvalue weighted by Gasteiger charge is -2.33. The molecule has 0 bridgehead atoms. The Kier molecular flexibility index (Phi) is 3.58. The summed E-state index contributed by atoms with van der Waals surface area (Å²) in [7, 11) is 0. The fraction of sp³-hybridized carbons (Fsp3) is 0.429. The highest BCUT2D eigenvalue weighted by molar-refractivity contribution is 7.17. The number of carbonyl (C=O) groups is 1. The van der Waals surface area contributed by atoms with Crippen molar-refractivity contribution in [3.8, 4) is 0 Å². The molecule has 0 amide bonds. The van der Waals surface area contributed by atoms with Gasteiger partial charge in [-0.2, -0.15) is 0 Å². The quantitative estimate of drug-likeness (QED) is 0.906. The molecule has 3 rings (SSSR count). The maximum absolute atomic E-state index is 11.6. The van der Waals surface area contributed by atoms with E-state index in [-0.39, 0.29) is 0 Å². The van der Waals surface area contributed by atoms with Crippen LogP contribution in [-0.4, -0.2) is 35.8 Å². The van der Waals surface area contributed by atoms with Gasteiger partial charge in [0.1, 0.15) is 5.82 Å². The molecule has 0 aromatic carbocycles. The van der Waals surface area contributed by atoms with E-state index in [0.717, 1.165) is 15.9 Å². The number of aromatic nitrogens is 1. The van der Waals surface area contributed by atoms with Gasteiger partial charge in [0.25, 0.3) is 0 Å². The second-order valence-corrected chi connectivity index (χ2v) is 5.99. The van der Waals surface area contributed by atoms with Gasteiger partial charge in [-0.3, -0.25) is 4.79 Å². The molecule has 0 spiro atoms. The van der Waals surface area contributed by atoms with E-state index in [1.807, 2.05) is 17.5 Å². The average molecular weight is 292 g/mol. The van der Waals surface area contributed by atoms with Crippen molar-refractivity contribution in [1.29, 1.82) is 0 Å². The zero-order valence-corrected chi connectivity index (χ0v) is 11.8. The predicted molar refractivity (Wildman–Crippen MR) is 78.2 cm³/mol. The van der Waals surface area contributed by atoms with Gasteiger partial charge in [-0.05, 0) is 30.4 Å². The Balaban J connectivity index is 1.80. The summed E-state index contributed by atoms with van der Waals surface area (Å²) in [6, 6.07) is 3.97. The van der Waals surface area contributed by atoms with Crippen LogP contribution in [0.15, 0.2) is 23.7 Å². The molecule has 5 nitrogen and oxygen atoms in total. The van der Waals surface area contributed by atoms with Gasteiger partial charge in [-0.1, -0.05) is 0 Å². The highest BCUT2D eigenvalue weighted by atomic mass is 32.1. The monoisotopic (exact) mass is 292 g/mol.